The van der Waals surface area contributed by atoms with Gasteiger partial charge >= 0.3 is 0 Å². The molecule has 0 amide bonds. The fraction of sp³-hybridized carbons (Fsp3) is 1.00. The van der Waals surface area contributed by atoms with Crippen LogP contribution >= 0.6 is 11.8 Å². The topological polar surface area (TPSA) is 21.3 Å². The van der Waals surface area contributed by atoms with Crippen LogP contribution in [0.2, 0.25) is 0 Å². The number of hydrogen-bond acceptors (Lipinski definition) is 3. The van der Waals surface area contributed by atoms with Crippen molar-refractivity contribution in [2.45, 2.75) is 43.6 Å². The molecular weight excluding hydrogens is 182 g/mol. The maximum Gasteiger partial charge on any atom is 0.0700 e. The molecule has 0 bridgehead atoms. The summed E-state index contributed by atoms with van der Waals surface area (Å²) in [7, 11) is 0. The van der Waals surface area contributed by atoms with Gasteiger partial charge in [0.05, 0.1) is 6.10 Å². The van der Waals surface area contributed by atoms with E-state index in [2.05, 4.69) is 19.2 Å². The van der Waals surface area contributed by atoms with Crippen molar-refractivity contribution in [2.75, 3.05) is 18.9 Å². The van der Waals surface area contributed by atoms with E-state index in [1.807, 2.05) is 11.8 Å². The summed E-state index contributed by atoms with van der Waals surface area (Å²) in [6.07, 6.45) is 2.98. The standard InChI is InChI=1S/C10H19NOS/c1-10(2)9(7-13-10)11-6-8-4-3-5-12-8/h8-9,11H,3-7H2,1-2H3. The molecule has 0 spiro atoms. The minimum absolute atomic E-state index is 0.443. The predicted molar refractivity (Wildman–Crippen MR) is 57.3 cm³/mol. The Morgan fingerprint density at radius 1 is 1.54 bits per heavy atom. The van der Waals surface area contributed by atoms with Crippen molar-refractivity contribution in [2.24, 2.45) is 0 Å². The quantitative estimate of drug-likeness (QED) is 0.750. The molecule has 0 aliphatic carbocycles. The minimum atomic E-state index is 0.443. The van der Waals surface area contributed by atoms with Crippen LogP contribution in [0, 0.1) is 0 Å². The van der Waals surface area contributed by atoms with E-state index in [4.69, 9.17) is 4.74 Å². The molecule has 2 nitrogen and oxygen atoms in total. The highest BCUT2D eigenvalue weighted by Crippen LogP contribution is 2.39. The second-order valence-electron chi connectivity index (χ2n) is 4.51. The Hall–Kier alpha value is 0.270. The first-order valence-corrected chi connectivity index (χ1v) is 6.16. The van der Waals surface area contributed by atoms with Gasteiger partial charge in [-0.3, -0.25) is 0 Å². The Balaban J connectivity index is 1.67. The van der Waals surface area contributed by atoms with Crippen molar-refractivity contribution >= 4 is 11.8 Å². The second-order valence-corrected chi connectivity index (χ2v) is 6.18. The molecule has 2 aliphatic heterocycles. The molecule has 0 aromatic carbocycles. The maximum atomic E-state index is 5.57. The number of rotatable bonds is 3. The van der Waals surface area contributed by atoms with Gasteiger partial charge < -0.3 is 10.1 Å². The van der Waals surface area contributed by atoms with Crippen molar-refractivity contribution in [3.05, 3.63) is 0 Å². The largest absolute Gasteiger partial charge is 0.377 e. The number of ether oxygens (including phenoxy) is 1. The lowest BCUT2D eigenvalue weighted by atomic mass is 10.0. The summed E-state index contributed by atoms with van der Waals surface area (Å²) in [5, 5.41) is 3.61. The molecule has 2 fully saturated rings. The lowest BCUT2D eigenvalue weighted by Gasteiger charge is -2.44. The monoisotopic (exact) mass is 201 g/mol. The first-order chi connectivity index (χ1) is 6.18. The molecule has 0 aromatic heterocycles. The van der Waals surface area contributed by atoms with E-state index < -0.39 is 0 Å². The van der Waals surface area contributed by atoms with Crippen molar-refractivity contribution in [1.29, 1.82) is 0 Å². The average molecular weight is 201 g/mol. The molecule has 2 aliphatic rings. The van der Waals surface area contributed by atoms with Crippen molar-refractivity contribution in [3.8, 4) is 0 Å². The van der Waals surface area contributed by atoms with Crippen LogP contribution in [0.15, 0.2) is 0 Å². The highest BCUT2D eigenvalue weighted by Gasteiger charge is 2.39. The van der Waals surface area contributed by atoms with Gasteiger partial charge in [-0.25, -0.2) is 0 Å². The van der Waals surface area contributed by atoms with Gasteiger partial charge in [0.15, 0.2) is 0 Å². The van der Waals surface area contributed by atoms with E-state index in [0.717, 1.165) is 13.2 Å². The summed E-state index contributed by atoms with van der Waals surface area (Å²) in [6.45, 7) is 6.65. The van der Waals surface area contributed by atoms with Gasteiger partial charge in [0.2, 0.25) is 0 Å². The zero-order valence-electron chi connectivity index (χ0n) is 8.51. The van der Waals surface area contributed by atoms with Crippen molar-refractivity contribution in [1.82, 2.24) is 5.32 Å². The molecule has 2 saturated heterocycles. The van der Waals surface area contributed by atoms with E-state index in [-0.39, 0.29) is 0 Å². The number of hydrogen-bond donors (Lipinski definition) is 1. The zero-order chi connectivity index (χ0) is 9.31. The molecular formula is C10H19NOS. The third-order valence-electron chi connectivity index (χ3n) is 3.08. The molecule has 3 heteroatoms. The first kappa shape index (κ1) is 9.81. The van der Waals surface area contributed by atoms with Crippen LogP contribution in [0.3, 0.4) is 0 Å². The Labute approximate surface area is 84.8 Å². The normalized spacial score (nSPS) is 37.4. The second kappa shape index (κ2) is 3.79. The summed E-state index contributed by atoms with van der Waals surface area (Å²) in [4.78, 5) is 0. The molecule has 2 heterocycles. The van der Waals surface area contributed by atoms with E-state index >= 15 is 0 Å². The molecule has 0 aromatic rings. The van der Waals surface area contributed by atoms with Gasteiger partial charge in [0.1, 0.15) is 0 Å². The summed E-state index contributed by atoms with van der Waals surface area (Å²) in [5.41, 5.74) is 0. The average Bonchev–Trinajstić information content (AvgIpc) is 2.55. The molecule has 1 N–H and O–H groups in total. The molecule has 0 radical (unpaired) electrons. The molecule has 0 saturated carbocycles. The van der Waals surface area contributed by atoms with Gasteiger partial charge in [-0.1, -0.05) is 0 Å². The third kappa shape index (κ3) is 2.20. The van der Waals surface area contributed by atoms with Gasteiger partial charge in [-0.15, -0.1) is 0 Å². The minimum Gasteiger partial charge on any atom is -0.377 e. The SMILES string of the molecule is CC1(C)SCC1NCC1CCCO1. The fourth-order valence-corrected chi connectivity index (χ4v) is 3.08. The highest BCUT2D eigenvalue weighted by atomic mass is 32.2. The van der Waals surface area contributed by atoms with Crippen LogP contribution in [-0.4, -0.2) is 35.8 Å². The highest BCUT2D eigenvalue weighted by molar-refractivity contribution is 8.02. The van der Waals surface area contributed by atoms with Crippen LogP contribution in [0.25, 0.3) is 0 Å². The van der Waals surface area contributed by atoms with Gasteiger partial charge in [-0.05, 0) is 26.7 Å². The number of nitrogens with one attached hydrogen (secondary N) is 1. The molecule has 2 rings (SSSR count). The van der Waals surface area contributed by atoms with E-state index in [9.17, 15) is 0 Å². The summed E-state index contributed by atoms with van der Waals surface area (Å²) in [6, 6.07) is 0.696. The lowest BCUT2D eigenvalue weighted by Crippen LogP contribution is -2.56. The van der Waals surface area contributed by atoms with Crippen LogP contribution in [-0.2, 0) is 4.74 Å². The lowest BCUT2D eigenvalue weighted by molar-refractivity contribution is 0.106. The molecule has 76 valence electrons. The molecule has 2 unspecified atom stereocenters. The van der Waals surface area contributed by atoms with Crippen LogP contribution in [0.5, 0.6) is 0 Å². The Bertz CT molecular complexity index is 178. The van der Waals surface area contributed by atoms with E-state index in [1.54, 1.807) is 0 Å². The smallest absolute Gasteiger partial charge is 0.0700 e. The summed E-state index contributed by atoms with van der Waals surface area (Å²) < 4.78 is 6.01. The van der Waals surface area contributed by atoms with Gasteiger partial charge in [-0.2, -0.15) is 11.8 Å². The van der Waals surface area contributed by atoms with Gasteiger partial charge in [0.25, 0.3) is 0 Å². The fourth-order valence-electron chi connectivity index (χ4n) is 1.88. The third-order valence-corrected chi connectivity index (χ3v) is 4.61. The van der Waals surface area contributed by atoms with Gasteiger partial charge in [0, 0.05) is 29.7 Å². The molecule has 13 heavy (non-hydrogen) atoms. The Morgan fingerprint density at radius 2 is 2.38 bits per heavy atom. The Morgan fingerprint density at radius 3 is 2.85 bits per heavy atom. The summed E-state index contributed by atoms with van der Waals surface area (Å²) >= 11 is 2.05. The maximum absolute atomic E-state index is 5.57. The zero-order valence-corrected chi connectivity index (χ0v) is 9.32. The predicted octanol–water partition coefficient (Wildman–Crippen LogP) is 1.65. The van der Waals surface area contributed by atoms with E-state index in [0.29, 0.717) is 16.9 Å². The summed E-state index contributed by atoms with van der Waals surface area (Å²) in [5.74, 6) is 1.26. The van der Waals surface area contributed by atoms with Crippen molar-refractivity contribution < 1.29 is 4.74 Å². The molecule has 2 atom stereocenters. The van der Waals surface area contributed by atoms with Crippen molar-refractivity contribution in [3.63, 3.8) is 0 Å². The first-order valence-electron chi connectivity index (χ1n) is 5.17. The number of thioether (sulfide) groups is 1. The van der Waals surface area contributed by atoms with E-state index in [1.165, 1.54) is 18.6 Å². The van der Waals surface area contributed by atoms with Crippen LogP contribution in [0.4, 0.5) is 0 Å². The Kier molecular flexibility index (Phi) is 2.86. The van der Waals surface area contributed by atoms with Crippen LogP contribution in [0.1, 0.15) is 26.7 Å². The van der Waals surface area contributed by atoms with Crippen LogP contribution < -0.4 is 5.32 Å².